The Morgan fingerprint density at radius 2 is 1.70 bits per heavy atom. The Bertz CT molecular complexity index is 1070. The Kier molecular flexibility index (Phi) is 7.63. The van der Waals surface area contributed by atoms with E-state index in [4.69, 9.17) is 0 Å². The molecule has 2 aromatic rings. The summed E-state index contributed by atoms with van der Waals surface area (Å²) >= 11 is 0. The van der Waals surface area contributed by atoms with Crippen LogP contribution in [-0.2, 0) is 14.8 Å². The number of halogens is 4. The van der Waals surface area contributed by atoms with Crippen molar-refractivity contribution in [3.05, 3.63) is 59.9 Å². The second-order valence-electron chi connectivity index (χ2n) is 7.97. The lowest BCUT2D eigenvalue weighted by molar-refractivity contribution is -0.274. The number of rotatable bonds is 7. The topological polar surface area (TPSA) is 84.5 Å². The van der Waals surface area contributed by atoms with E-state index in [2.05, 4.69) is 14.8 Å². The van der Waals surface area contributed by atoms with Gasteiger partial charge in [-0.25, -0.2) is 17.5 Å². The molecule has 3 rings (SSSR count). The molecule has 0 spiro atoms. The summed E-state index contributed by atoms with van der Waals surface area (Å²) in [6, 6.07) is 9.26. The zero-order valence-electron chi connectivity index (χ0n) is 17.7. The summed E-state index contributed by atoms with van der Waals surface area (Å²) in [6.07, 6.45) is -3.22. The quantitative estimate of drug-likeness (QED) is 0.565. The van der Waals surface area contributed by atoms with Crippen molar-refractivity contribution in [2.45, 2.75) is 55.9 Å². The van der Waals surface area contributed by atoms with Gasteiger partial charge in [-0.3, -0.25) is 4.79 Å². The maximum atomic E-state index is 13.1. The van der Waals surface area contributed by atoms with Crippen LogP contribution in [0.4, 0.5) is 17.6 Å². The number of sulfonamides is 1. The van der Waals surface area contributed by atoms with Crippen LogP contribution in [0.25, 0.3) is 0 Å². The summed E-state index contributed by atoms with van der Waals surface area (Å²) in [6.45, 7) is 1.79. The van der Waals surface area contributed by atoms with Crippen LogP contribution in [0.2, 0.25) is 0 Å². The molecule has 0 bridgehead atoms. The molecule has 1 atom stereocenters. The second-order valence-corrected chi connectivity index (χ2v) is 9.69. The number of carbonyl (C=O) groups excluding carboxylic acids is 1. The van der Waals surface area contributed by atoms with Gasteiger partial charge in [0.1, 0.15) is 11.6 Å². The molecular weight excluding hydrogens is 464 g/mol. The number of amides is 1. The van der Waals surface area contributed by atoms with E-state index in [0.29, 0.717) is 25.7 Å². The lowest BCUT2D eigenvalue weighted by atomic mass is 9.85. The van der Waals surface area contributed by atoms with Gasteiger partial charge in [0, 0.05) is 18.0 Å². The molecule has 1 amide bonds. The zero-order valence-corrected chi connectivity index (χ0v) is 18.5. The van der Waals surface area contributed by atoms with E-state index >= 15 is 0 Å². The molecular formula is C22H24F4N2O4S. The second kappa shape index (κ2) is 10.1. The van der Waals surface area contributed by atoms with Crippen LogP contribution in [0.5, 0.6) is 5.75 Å². The molecule has 33 heavy (non-hydrogen) atoms. The third-order valence-electron chi connectivity index (χ3n) is 5.50. The van der Waals surface area contributed by atoms with Crippen molar-refractivity contribution in [2.75, 3.05) is 0 Å². The number of alkyl halides is 3. The van der Waals surface area contributed by atoms with Gasteiger partial charge >= 0.3 is 6.36 Å². The van der Waals surface area contributed by atoms with Crippen molar-refractivity contribution >= 4 is 15.9 Å². The van der Waals surface area contributed by atoms with Gasteiger partial charge in [0.2, 0.25) is 15.9 Å². The van der Waals surface area contributed by atoms with E-state index in [9.17, 15) is 30.8 Å². The number of ether oxygens (including phenoxy) is 1. The highest BCUT2D eigenvalue weighted by molar-refractivity contribution is 7.89. The first-order valence-electron chi connectivity index (χ1n) is 10.4. The van der Waals surface area contributed by atoms with Gasteiger partial charge < -0.3 is 10.1 Å². The highest BCUT2D eigenvalue weighted by Crippen LogP contribution is 2.28. The lowest BCUT2D eigenvalue weighted by Gasteiger charge is -2.29. The van der Waals surface area contributed by atoms with Crippen LogP contribution < -0.4 is 14.8 Å². The summed E-state index contributed by atoms with van der Waals surface area (Å²) in [7, 11) is -4.06. The Hall–Kier alpha value is -2.66. The first kappa shape index (κ1) is 25.0. The van der Waals surface area contributed by atoms with Crippen molar-refractivity contribution in [1.29, 1.82) is 0 Å². The van der Waals surface area contributed by atoms with Crippen molar-refractivity contribution in [2.24, 2.45) is 5.92 Å². The molecule has 0 heterocycles. The first-order valence-corrected chi connectivity index (χ1v) is 11.9. The van der Waals surface area contributed by atoms with E-state index in [-0.39, 0.29) is 28.6 Å². The van der Waals surface area contributed by atoms with E-state index in [1.54, 1.807) is 19.1 Å². The molecule has 2 N–H and O–H groups in total. The largest absolute Gasteiger partial charge is 0.573 e. The van der Waals surface area contributed by atoms with Gasteiger partial charge in [-0.05, 0) is 62.4 Å². The van der Waals surface area contributed by atoms with E-state index in [1.165, 1.54) is 24.3 Å². The van der Waals surface area contributed by atoms with Gasteiger partial charge in [0.15, 0.2) is 0 Å². The molecule has 0 radical (unpaired) electrons. The lowest BCUT2D eigenvalue weighted by Crippen LogP contribution is -2.41. The number of hydrogen-bond acceptors (Lipinski definition) is 4. The smallest absolute Gasteiger partial charge is 0.406 e. The standard InChI is InChI=1S/C22H24F4N2O4S/c1-14(15-5-9-17(23)10-6-15)27-21(29)16-7-11-18(12-8-16)28-33(30,31)20-4-2-3-19(13-20)32-22(24,25)26/h2-6,9-10,13-14,16,18,28H,7-8,11-12H2,1H3,(H,27,29)/t14-,16-,18-/m1/s1. The molecule has 11 heteroatoms. The Labute approximate surface area is 189 Å². The van der Waals surface area contributed by atoms with Crippen LogP contribution in [0, 0.1) is 11.7 Å². The molecule has 1 aliphatic rings. The SMILES string of the molecule is C[C@@H](NC(=O)[C@H]1CC[C@H](NS(=O)(=O)c2cccc(OC(F)(F)F)c2)CC1)c1ccc(F)cc1. The van der Waals surface area contributed by atoms with Crippen LogP contribution in [-0.4, -0.2) is 26.7 Å². The zero-order chi connectivity index (χ0) is 24.2. The first-order chi connectivity index (χ1) is 15.4. The maximum absolute atomic E-state index is 13.1. The molecule has 1 fully saturated rings. The summed E-state index contributed by atoms with van der Waals surface area (Å²) in [5, 5.41) is 2.89. The fourth-order valence-corrected chi connectivity index (χ4v) is 5.11. The predicted molar refractivity (Wildman–Crippen MR) is 112 cm³/mol. The minimum absolute atomic E-state index is 0.162. The predicted octanol–water partition coefficient (Wildman–Crippen LogP) is 4.44. The van der Waals surface area contributed by atoms with Gasteiger partial charge in [0.05, 0.1) is 10.9 Å². The maximum Gasteiger partial charge on any atom is 0.573 e. The van der Waals surface area contributed by atoms with Crippen LogP contribution in [0.15, 0.2) is 53.4 Å². The van der Waals surface area contributed by atoms with Crippen molar-refractivity contribution in [3.8, 4) is 5.75 Å². The highest BCUT2D eigenvalue weighted by atomic mass is 32.2. The van der Waals surface area contributed by atoms with E-state index in [1.807, 2.05) is 0 Å². The van der Waals surface area contributed by atoms with Crippen LogP contribution >= 0.6 is 0 Å². The average Bonchev–Trinajstić information content (AvgIpc) is 2.73. The number of hydrogen-bond donors (Lipinski definition) is 2. The summed E-state index contributed by atoms with van der Waals surface area (Å²) in [4.78, 5) is 12.2. The Morgan fingerprint density at radius 1 is 1.06 bits per heavy atom. The highest BCUT2D eigenvalue weighted by Gasteiger charge is 2.32. The van der Waals surface area contributed by atoms with E-state index < -0.39 is 28.2 Å². The van der Waals surface area contributed by atoms with Gasteiger partial charge in [0.25, 0.3) is 0 Å². The summed E-state index contributed by atoms with van der Waals surface area (Å²) in [5.74, 6) is -1.44. The van der Waals surface area contributed by atoms with Crippen molar-refractivity contribution in [3.63, 3.8) is 0 Å². The molecule has 0 unspecified atom stereocenters. The van der Waals surface area contributed by atoms with Gasteiger partial charge in [-0.1, -0.05) is 18.2 Å². The fraction of sp³-hybridized carbons (Fsp3) is 0.409. The fourth-order valence-electron chi connectivity index (χ4n) is 3.77. The van der Waals surface area contributed by atoms with Crippen molar-refractivity contribution in [1.82, 2.24) is 10.0 Å². The Morgan fingerprint density at radius 3 is 2.30 bits per heavy atom. The third kappa shape index (κ3) is 7.16. The van der Waals surface area contributed by atoms with E-state index in [0.717, 1.165) is 17.7 Å². The average molecular weight is 489 g/mol. The number of benzene rings is 2. The normalized spacial score (nSPS) is 20.2. The molecule has 1 aliphatic carbocycles. The number of nitrogens with one attached hydrogen (secondary N) is 2. The third-order valence-corrected chi connectivity index (χ3v) is 7.02. The molecule has 180 valence electrons. The molecule has 0 aromatic heterocycles. The summed E-state index contributed by atoms with van der Waals surface area (Å²) < 4.78 is 81.8. The minimum Gasteiger partial charge on any atom is -0.406 e. The van der Waals surface area contributed by atoms with Gasteiger partial charge in [-0.2, -0.15) is 0 Å². The van der Waals surface area contributed by atoms with Crippen LogP contribution in [0.3, 0.4) is 0 Å². The van der Waals surface area contributed by atoms with Gasteiger partial charge in [-0.15, -0.1) is 13.2 Å². The monoisotopic (exact) mass is 488 g/mol. The Balaban J connectivity index is 1.53. The molecule has 2 aromatic carbocycles. The number of carbonyl (C=O) groups is 1. The minimum atomic E-state index is -4.93. The molecule has 6 nitrogen and oxygen atoms in total. The molecule has 0 aliphatic heterocycles. The van der Waals surface area contributed by atoms with Crippen molar-refractivity contribution < 1.29 is 35.5 Å². The molecule has 0 saturated heterocycles. The summed E-state index contributed by atoms with van der Waals surface area (Å²) in [5.41, 5.74) is 0.767. The molecule has 1 saturated carbocycles. The van der Waals surface area contributed by atoms with Crippen LogP contribution in [0.1, 0.15) is 44.2 Å².